The summed E-state index contributed by atoms with van der Waals surface area (Å²) >= 11 is 0. The minimum absolute atomic E-state index is 0.181. The number of hydrogen-bond donors (Lipinski definition) is 0. The molecule has 4 nitrogen and oxygen atoms in total. The average molecular weight is 485 g/mol. The zero-order valence-electron chi connectivity index (χ0n) is 22.2. The van der Waals surface area contributed by atoms with Gasteiger partial charge in [-0.15, -0.1) is 0 Å². The van der Waals surface area contributed by atoms with Gasteiger partial charge in [0.25, 0.3) is 0 Å². The van der Waals surface area contributed by atoms with Gasteiger partial charge in [-0.3, -0.25) is 9.59 Å². The second kappa shape index (κ2) is 16.0. The minimum atomic E-state index is -0.185. The van der Waals surface area contributed by atoms with E-state index in [2.05, 4.69) is 0 Å². The van der Waals surface area contributed by atoms with Crippen molar-refractivity contribution >= 4 is 11.9 Å². The molecule has 0 radical (unpaired) electrons. The molecule has 4 heteroatoms. The number of ether oxygens (including phenoxy) is 2. The molecule has 196 valence electrons. The van der Waals surface area contributed by atoms with Crippen molar-refractivity contribution in [2.24, 2.45) is 11.8 Å². The number of benzene rings is 1. The number of carbonyl (C=O) groups excluding carboxylic acids is 2. The summed E-state index contributed by atoms with van der Waals surface area (Å²) in [6.45, 7) is 1.88. The molecule has 0 saturated heterocycles. The Morgan fingerprint density at radius 3 is 1.60 bits per heavy atom. The maximum absolute atomic E-state index is 12.2. The Morgan fingerprint density at radius 1 is 0.657 bits per heavy atom. The van der Waals surface area contributed by atoms with Gasteiger partial charge in [-0.25, -0.2) is 0 Å². The number of unbranched alkanes of at least 4 members (excludes halogenated alkanes) is 10. The Labute approximate surface area is 213 Å². The van der Waals surface area contributed by atoms with Gasteiger partial charge < -0.3 is 9.47 Å². The van der Waals surface area contributed by atoms with Crippen molar-refractivity contribution in [3.63, 3.8) is 0 Å². The van der Waals surface area contributed by atoms with E-state index in [0.717, 1.165) is 43.1 Å². The van der Waals surface area contributed by atoms with Gasteiger partial charge >= 0.3 is 11.9 Å². The lowest BCUT2D eigenvalue weighted by atomic mass is 10.1. The summed E-state index contributed by atoms with van der Waals surface area (Å²) in [4.78, 5) is 24.4. The third-order valence-corrected chi connectivity index (χ3v) is 7.48. The SMILES string of the molecule is Cc1cc(OC(=O)CCCCCCCCC2CC2)ccc1OC(=O)CCCCCCCCC1CC1. The van der Waals surface area contributed by atoms with Crippen molar-refractivity contribution in [1.82, 2.24) is 0 Å². The van der Waals surface area contributed by atoms with Gasteiger partial charge in [0.15, 0.2) is 0 Å². The Bertz CT molecular complexity index is 763. The number of hydrogen-bond acceptors (Lipinski definition) is 4. The first-order valence-electron chi connectivity index (χ1n) is 14.6. The fourth-order valence-electron chi connectivity index (χ4n) is 4.79. The number of aryl methyl sites for hydroxylation is 1. The molecule has 3 rings (SSSR count). The summed E-state index contributed by atoms with van der Waals surface area (Å²) in [6, 6.07) is 5.23. The standard InChI is InChI=1S/C31H48O4/c1-25-24-28(34-30(32)16-12-8-4-2-6-10-14-26-18-19-26)22-23-29(25)35-31(33)17-13-9-5-3-7-11-15-27-20-21-27/h22-24,26-27H,2-21H2,1H3. The maximum atomic E-state index is 12.2. The molecule has 0 unspecified atom stereocenters. The van der Waals surface area contributed by atoms with Crippen LogP contribution in [0.15, 0.2) is 18.2 Å². The second-order valence-corrected chi connectivity index (χ2v) is 11.1. The molecule has 1 aromatic rings. The highest BCUT2D eigenvalue weighted by atomic mass is 16.5. The molecule has 2 aliphatic rings. The molecule has 0 aliphatic heterocycles. The predicted octanol–water partition coefficient (Wildman–Crippen LogP) is 8.87. The van der Waals surface area contributed by atoms with Gasteiger partial charge in [0, 0.05) is 12.8 Å². The summed E-state index contributed by atoms with van der Waals surface area (Å²) in [5, 5.41) is 0. The summed E-state index contributed by atoms with van der Waals surface area (Å²) in [5.41, 5.74) is 0.811. The molecule has 0 spiro atoms. The van der Waals surface area contributed by atoms with Crippen LogP contribution in [0.3, 0.4) is 0 Å². The van der Waals surface area contributed by atoms with E-state index in [9.17, 15) is 9.59 Å². The van der Waals surface area contributed by atoms with Crippen molar-refractivity contribution < 1.29 is 19.1 Å². The molecule has 2 saturated carbocycles. The lowest BCUT2D eigenvalue weighted by Crippen LogP contribution is -2.10. The largest absolute Gasteiger partial charge is 0.427 e. The highest BCUT2D eigenvalue weighted by molar-refractivity contribution is 5.74. The lowest BCUT2D eigenvalue weighted by molar-refractivity contribution is -0.135. The van der Waals surface area contributed by atoms with E-state index < -0.39 is 0 Å². The molecule has 0 N–H and O–H groups in total. The van der Waals surface area contributed by atoms with E-state index in [4.69, 9.17) is 9.47 Å². The minimum Gasteiger partial charge on any atom is -0.427 e. The van der Waals surface area contributed by atoms with E-state index in [-0.39, 0.29) is 11.9 Å². The quantitative estimate of drug-likeness (QED) is 0.105. The van der Waals surface area contributed by atoms with Crippen LogP contribution in [0.5, 0.6) is 11.5 Å². The Balaban J connectivity index is 1.19. The zero-order chi connectivity index (χ0) is 24.7. The van der Waals surface area contributed by atoms with Crippen LogP contribution in [-0.2, 0) is 9.59 Å². The van der Waals surface area contributed by atoms with Crippen LogP contribution in [0.25, 0.3) is 0 Å². The Kier molecular flexibility index (Phi) is 12.7. The highest BCUT2D eigenvalue weighted by Gasteiger charge is 2.20. The lowest BCUT2D eigenvalue weighted by Gasteiger charge is -2.10. The Morgan fingerprint density at radius 2 is 1.11 bits per heavy atom. The monoisotopic (exact) mass is 484 g/mol. The maximum Gasteiger partial charge on any atom is 0.311 e. The van der Waals surface area contributed by atoms with Gasteiger partial charge in [0.2, 0.25) is 0 Å². The molecular weight excluding hydrogens is 436 g/mol. The number of rotatable bonds is 20. The average Bonchev–Trinajstić information content (AvgIpc) is 3.75. The first-order valence-corrected chi connectivity index (χ1v) is 14.6. The zero-order valence-corrected chi connectivity index (χ0v) is 22.2. The van der Waals surface area contributed by atoms with Crippen molar-refractivity contribution in [1.29, 1.82) is 0 Å². The molecule has 0 bridgehead atoms. The van der Waals surface area contributed by atoms with E-state index in [1.165, 1.54) is 89.9 Å². The Hall–Kier alpha value is -1.84. The fraction of sp³-hybridized carbons (Fsp3) is 0.742. The van der Waals surface area contributed by atoms with Gasteiger partial charge in [-0.05, 0) is 55.4 Å². The molecule has 0 heterocycles. The van der Waals surface area contributed by atoms with Crippen LogP contribution < -0.4 is 9.47 Å². The summed E-state index contributed by atoms with van der Waals surface area (Å²) in [6.07, 6.45) is 23.9. The van der Waals surface area contributed by atoms with Crippen LogP contribution in [0.2, 0.25) is 0 Å². The van der Waals surface area contributed by atoms with Crippen LogP contribution in [0, 0.1) is 18.8 Å². The van der Waals surface area contributed by atoms with Crippen LogP contribution in [-0.4, -0.2) is 11.9 Å². The third kappa shape index (κ3) is 13.2. The third-order valence-electron chi connectivity index (χ3n) is 7.48. The number of carbonyl (C=O) groups is 2. The van der Waals surface area contributed by atoms with Crippen molar-refractivity contribution in [2.75, 3.05) is 0 Å². The van der Waals surface area contributed by atoms with E-state index in [1.807, 2.05) is 6.92 Å². The van der Waals surface area contributed by atoms with Gasteiger partial charge in [0.1, 0.15) is 11.5 Å². The first kappa shape index (κ1) is 27.7. The first-order chi connectivity index (χ1) is 17.1. The molecule has 1 aromatic carbocycles. The predicted molar refractivity (Wildman–Crippen MR) is 142 cm³/mol. The van der Waals surface area contributed by atoms with E-state index in [0.29, 0.717) is 24.3 Å². The van der Waals surface area contributed by atoms with Crippen LogP contribution in [0.4, 0.5) is 0 Å². The molecule has 2 fully saturated rings. The second-order valence-electron chi connectivity index (χ2n) is 11.1. The molecule has 0 atom stereocenters. The summed E-state index contributed by atoms with van der Waals surface area (Å²) in [7, 11) is 0. The van der Waals surface area contributed by atoms with Gasteiger partial charge in [-0.1, -0.05) is 103 Å². The van der Waals surface area contributed by atoms with Crippen molar-refractivity contribution in [3.05, 3.63) is 23.8 Å². The fourth-order valence-corrected chi connectivity index (χ4v) is 4.79. The number of esters is 2. The normalized spacial score (nSPS) is 15.2. The van der Waals surface area contributed by atoms with Crippen molar-refractivity contribution in [3.8, 4) is 11.5 Å². The summed E-state index contributed by atoms with van der Waals surface area (Å²) in [5.74, 6) is 2.79. The molecule has 0 amide bonds. The van der Waals surface area contributed by atoms with Gasteiger partial charge in [0.05, 0.1) is 0 Å². The molecular formula is C31H48O4. The van der Waals surface area contributed by atoms with Crippen molar-refractivity contribution in [2.45, 2.75) is 135 Å². The smallest absolute Gasteiger partial charge is 0.311 e. The van der Waals surface area contributed by atoms with E-state index >= 15 is 0 Å². The molecule has 35 heavy (non-hydrogen) atoms. The topological polar surface area (TPSA) is 52.6 Å². The van der Waals surface area contributed by atoms with Gasteiger partial charge in [-0.2, -0.15) is 0 Å². The summed E-state index contributed by atoms with van der Waals surface area (Å²) < 4.78 is 11.0. The van der Waals surface area contributed by atoms with Crippen LogP contribution >= 0.6 is 0 Å². The molecule has 0 aromatic heterocycles. The molecule has 2 aliphatic carbocycles. The van der Waals surface area contributed by atoms with Crippen LogP contribution in [0.1, 0.15) is 134 Å². The highest BCUT2D eigenvalue weighted by Crippen LogP contribution is 2.34. The van der Waals surface area contributed by atoms with E-state index in [1.54, 1.807) is 18.2 Å².